The molecule has 3 saturated heterocycles. The lowest BCUT2D eigenvalue weighted by Gasteiger charge is -2.48. The van der Waals surface area contributed by atoms with Crippen LogP contribution in [0.1, 0.15) is 52.8 Å². The summed E-state index contributed by atoms with van der Waals surface area (Å²) in [5, 5.41) is 2.22. The minimum Gasteiger partial charge on any atom is -0.368 e. The Morgan fingerprint density at radius 2 is 1.62 bits per heavy atom. The summed E-state index contributed by atoms with van der Waals surface area (Å²) in [5.74, 6) is -1.86. The summed E-state index contributed by atoms with van der Waals surface area (Å²) in [4.78, 5) is 55.1. The summed E-state index contributed by atoms with van der Waals surface area (Å²) in [7, 11) is 0. The maximum atomic E-state index is 12.9. The molecule has 1 unspecified atom stereocenters. The van der Waals surface area contributed by atoms with Crippen LogP contribution in [-0.2, 0) is 9.59 Å². The normalized spacial score (nSPS) is 25.9. The van der Waals surface area contributed by atoms with Crippen LogP contribution >= 0.6 is 0 Å². The molecule has 4 amide bonds. The first-order valence-corrected chi connectivity index (χ1v) is 10.4. The van der Waals surface area contributed by atoms with Crippen LogP contribution in [-0.4, -0.2) is 71.7 Å². The van der Waals surface area contributed by atoms with E-state index in [1.807, 2.05) is 6.07 Å². The summed E-state index contributed by atoms with van der Waals surface area (Å²) < 4.78 is 0. The molecule has 4 heterocycles. The van der Waals surface area contributed by atoms with Crippen LogP contribution < -0.4 is 10.2 Å². The van der Waals surface area contributed by atoms with E-state index in [1.54, 1.807) is 12.1 Å². The van der Waals surface area contributed by atoms with E-state index >= 15 is 0 Å². The molecule has 5 rings (SSSR count). The number of amides is 4. The summed E-state index contributed by atoms with van der Waals surface area (Å²) in [6.07, 6.45) is 4.15. The van der Waals surface area contributed by atoms with Crippen molar-refractivity contribution in [2.45, 2.75) is 44.2 Å². The minimum atomic E-state index is -0.920. The molecule has 8 nitrogen and oxygen atoms in total. The van der Waals surface area contributed by atoms with Gasteiger partial charge in [-0.1, -0.05) is 6.42 Å². The molecule has 0 aromatic heterocycles. The summed E-state index contributed by atoms with van der Waals surface area (Å²) in [5.41, 5.74) is 1.61. The maximum absolute atomic E-state index is 12.9. The van der Waals surface area contributed by atoms with Gasteiger partial charge in [-0.15, -0.1) is 0 Å². The molecule has 1 aromatic carbocycles. The van der Waals surface area contributed by atoms with Crippen LogP contribution in [0.2, 0.25) is 0 Å². The number of likely N-dealkylation sites (tertiary alicyclic amines) is 1. The van der Waals surface area contributed by atoms with E-state index in [0.717, 1.165) is 36.8 Å². The van der Waals surface area contributed by atoms with Gasteiger partial charge in [0.1, 0.15) is 6.04 Å². The second-order valence-corrected chi connectivity index (χ2v) is 8.33. The molecule has 0 saturated carbocycles. The Kier molecular flexibility index (Phi) is 4.38. The second-order valence-electron chi connectivity index (χ2n) is 8.33. The highest BCUT2D eigenvalue weighted by Gasteiger charge is 2.45. The third-order valence-corrected chi connectivity index (χ3v) is 6.56. The Balaban J connectivity index is 1.31. The highest BCUT2D eigenvalue weighted by Crippen LogP contribution is 2.33. The Hall–Kier alpha value is -2.74. The minimum absolute atomic E-state index is 0.126. The van der Waals surface area contributed by atoms with E-state index in [2.05, 4.69) is 15.1 Å². The standard InChI is InChI=1S/C21H24N4O4/c26-18-7-6-17(19(27)22-18)25-20(28)15-5-4-13(10-16(15)21(25)29)24-11-14(12-24)23-8-2-1-3-9-23/h4-5,10,14,17H,1-3,6-9,11-12H2,(H,22,26,27). The average molecular weight is 396 g/mol. The fraction of sp³-hybridized carbons (Fsp3) is 0.524. The van der Waals surface area contributed by atoms with Crippen molar-refractivity contribution in [2.24, 2.45) is 0 Å². The molecule has 0 spiro atoms. The number of nitrogens with one attached hydrogen (secondary N) is 1. The fourth-order valence-corrected chi connectivity index (χ4v) is 4.84. The van der Waals surface area contributed by atoms with Gasteiger partial charge in [0.05, 0.1) is 11.1 Å². The third kappa shape index (κ3) is 3.02. The SMILES string of the molecule is O=C1CCC(N2C(=O)c3ccc(N4CC(N5CCCCC5)C4)cc3C2=O)C(=O)N1. The van der Waals surface area contributed by atoms with Crippen LogP contribution in [0.5, 0.6) is 0 Å². The number of piperidine rings is 2. The van der Waals surface area contributed by atoms with Gasteiger partial charge >= 0.3 is 0 Å². The number of carbonyl (C=O) groups excluding carboxylic acids is 4. The smallest absolute Gasteiger partial charge is 0.262 e. The van der Waals surface area contributed by atoms with Gasteiger partial charge in [0.25, 0.3) is 11.8 Å². The van der Waals surface area contributed by atoms with E-state index in [0.29, 0.717) is 17.2 Å². The van der Waals surface area contributed by atoms with Gasteiger partial charge in [-0.3, -0.25) is 34.3 Å². The molecule has 0 aliphatic carbocycles. The molecule has 8 heteroatoms. The van der Waals surface area contributed by atoms with Crippen molar-refractivity contribution in [1.82, 2.24) is 15.1 Å². The lowest BCUT2D eigenvalue weighted by Crippen LogP contribution is -2.60. The average Bonchev–Trinajstić information content (AvgIpc) is 2.92. The van der Waals surface area contributed by atoms with Crippen LogP contribution in [0.4, 0.5) is 5.69 Å². The number of nitrogens with zero attached hydrogens (tertiary/aromatic N) is 3. The predicted octanol–water partition coefficient (Wildman–Crippen LogP) is 0.762. The molecule has 0 bridgehead atoms. The number of hydrogen-bond donors (Lipinski definition) is 1. The first kappa shape index (κ1) is 18.3. The molecule has 152 valence electrons. The summed E-state index contributed by atoms with van der Waals surface area (Å²) in [6, 6.07) is 4.97. The molecule has 1 atom stereocenters. The molecule has 4 aliphatic rings. The molecule has 29 heavy (non-hydrogen) atoms. The zero-order valence-corrected chi connectivity index (χ0v) is 16.2. The van der Waals surface area contributed by atoms with Crippen LogP contribution in [0.3, 0.4) is 0 Å². The van der Waals surface area contributed by atoms with Crippen molar-refractivity contribution >= 4 is 29.3 Å². The summed E-state index contributed by atoms with van der Waals surface area (Å²) >= 11 is 0. The van der Waals surface area contributed by atoms with E-state index in [9.17, 15) is 19.2 Å². The Labute approximate surface area is 168 Å². The van der Waals surface area contributed by atoms with Crippen molar-refractivity contribution in [2.75, 3.05) is 31.1 Å². The van der Waals surface area contributed by atoms with E-state index in [4.69, 9.17) is 0 Å². The second kappa shape index (κ2) is 6.95. The number of benzene rings is 1. The number of imide groups is 2. The number of fused-ring (bicyclic) bond motifs is 1. The number of anilines is 1. The van der Waals surface area contributed by atoms with Crippen molar-refractivity contribution in [3.63, 3.8) is 0 Å². The molecular formula is C21H24N4O4. The van der Waals surface area contributed by atoms with Gasteiger partial charge in [0.2, 0.25) is 11.8 Å². The van der Waals surface area contributed by atoms with E-state index in [1.165, 1.54) is 19.3 Å². The Morgan fingerprint density at radius 3 is 2.34 bits per heavy atom. The Morgan fingerprint density at radius 1 is 0.897 bits per heavy atom. The van der Waals surface area contributed by atoms with Gasteiger partial charge in [-0.25, -0.2) is 0 Å². The first-order chi connectivity index (χ1) is 14.0. The predicted molar refractivity (Wildman–Crippen MR) is 105 cm³/mol. The van der Waals surface area contributed by atoms with Crippen molar-refractivity contribution in [3.8, 4) is 0 Å². The zero-order valence-electron chi connectivity index (χ0n) is 16.2. The molecule has 4 aliphatic heterocycles. The highest BCUT2D eigenvalue weighted by atomic mass is 16.2. The molecule has 0 radical (unpaired) electrons. The molecule has 1 aromatic rings. The van der Waals surface area contributed by atoms with E-state index in [-0.39, 0.29) is 18.7 Å². The van der Waals surface area contributed by atoms with Crippen LogP contribution in [0.25, 0.3) is 0 Å². The van der Waals surface area contributed by atoms with Gasteiger partial charge in [-0.2, -0.15) is 0 Å². The quantitative estimate of drug-likeness (QED) is 0.759. The maximum Gasteiger partial charge on any atom is 0.262 e. The monoisotopic (exact) mass is 396 g/mol. The summed E-state index contributed by atoms with van der Waals surface area (Å²) in [6.45, 7) is 4.18. The fourth-order valence-electron chi connectivity index (χ4n) is 4.84. The van der Waals surface area contributed by atoms with Crippen molar-refractivity contribution < 1.29 is 19.2 Å². The number of carbonyl (C=O) groups is 4. The zero-order chi connectivity index (χ0) is 20.1. The number of hydrogen-bond acceptors (Lipinski definition) is 6. The Bertz CT molecular complexity index is 902. The van der Waals surface area contributed by atoms with E-state index < -0.39 is 23.8 Å². The highest BCUT2D eigenvalue weighted by molar-refractivity contribution is 6.23. The van der Waals surface area contributed by atoms with Gasteiger partial charge in [0, 0.05) is 31.2 Å². The lowest BCUT2D eigenvalue weighted by atomic mass is 10.0. The van der Waals surface area contributed by atoms with Crippen LogP contribution in [0, 0.1) is 0 Å². The molecular weight excluding hydrogens is 372 g/mol. The van der Waals surface area contributed by atoms with Gasteiger partial charge in [-0.05, 0) is 50.6 Å². The third-order valence-electron chi connectivity index (χ3n) is 6.56. The van der Waals surface area contributed by atoms with Gasteiger partial charge in [0.15, 0.2) is 0 Å². The molecule has 1 N–H and O–H groups in total. The van der Waals surface area contributed by atoms with Crippen molar-refractivity contribution in [1.29, 1.82) is 0 Å². The van der Waals surface area contributed by atoms with Gasteiger partial charge < -0.3 is 4.90 Å². The largest absolute Gasteiger partial charge is 0.368 e. The first-order valence-electron chi connectivity index (χ1n) is 10.4. The van der Waals surface area contributed by atoms with Crippen molar-refractivity contribution in [3.05, 3.63) is 29.3 Å². The van der Waals surface area contributed by atoms with Crippen LogP contribution in [0.15, 0.2) is 18.2 Å². The topological polar surface area (TPSA) is 90.0 Å². The lowest BCUT2D eigenvalue weighted by molar-refractivity contribution is -0.136. The number of rotatable bonds is 3. The molecule has 3 fully saturated rings.